The number of nitrogens with zero attached hydrogens (tertiary/aromatic N) is 2. The predicted molar refractivity (Wildman–Crippen MR) is 155 cm³/mol. The van der Waals surface area contributed by atoms with Crippen LogP contribution in [0.1, 0.15) is 44.1 Å². The van der Waals surface area contributed by atoms with Gasteiger partial charge in [-0.05, 0) is 47.4 Å². The Morgan fingerprint density at radius 1 is 1.15 bits per heavy atom. The fourth-order valence-corrected chi connectivity index (χ4v) is 5.83. The number of hydrogen-bond donors (Lipinski definition) is 2. The summed E-state index contributed by atoms with van der Waals surface area (Å²) in [5.74, 6) is 1.41. The van der Waals surface area contributed by atoms with Crippen LogP contribution in [0.3, 0.4) is 0 Å². The van der Waals surface area contributed by atoms with Gasteiger partial charge in [0.1, 0.15) is 32.1 Å². The van der Waals surface area contributed by atoms with Crippen LogP contribution in [0.2, 0.25) is 0 Å². The molecule has 0 aliphatic carbocycles. The number of nitrogens with one attached hydrogen (secondary N) is 2. The molecule has 2 unspecified atom stereocenters. The van der Waals surface area contributed by atoms with Crippen molar-refractivity contribution in [3.05, 3.63) is 66.1 Å². The molecule has 0 saturated carbocycles. The molecule has 3 aromatic carbocycles. The van der Waals surface area contributed by atoms with Crippen molar-refractivity contribution in [1.82, 2.24) is 20.2 Å². The summed E-state index contributed by atoms with van der Waals surface area (Å²) in [6.07, 6.45) is 2.88. The normalized spacial score (nSPS) is 16.8. The summed E-state index contributed by atoms with van der Waals surface area (Å²) in [6.45, 7) is 4.92. The van der Waals surface area contributed by atoms with Crippen molar-refractivity contribution < 1.29 is 19.1 Å². The van der Waals surface area contributed by atoms with Crippen molar-refractivity contribution in [1.29, 1.82) is 0 Å². The summed E-state index contributed by atoms with van der Waals surface area (Å²) in [5, 5.41) is 4.81. The molecule has 202 valence electrons. The van der Waals surface area contributed by atoms with E-state index in [1.54, 1.807) is 0 Å². The maximum Gasteiger partial charge on any atom is 0.407 e. The van der Waals surface area contributed by atoms with Crippen LogP contribution in [-0.2, 0) is 16.1 Å². The Morgan fingerprint density at radius 2 is 1.98 bits per heavy atom. The summed E-state index contributed by atoms with van der Waals surface area (Å²) in [5.41, 5.74) is 5.92. The van der Waals surface area contributed by atoms with Gasteiger partial charge in [-0.25, -0.2) is 9.78 Å². The van der Waals surface area contributed by atoms with Gasteiger partial charge in [-0.3, -0.25) is 4.79 Å². The van der Waals surface area contributed by atoms with Crippen LogP contribution in [0.15, 0.2) is 54.7 Å². The number of fused-ring (bicyclic) bond motifs is 5. The van der Waals surface area contributed by atoms with E-state index in [0.717, 1.165) is 68.6 Å². The quantitative estimate of drug-likeness (QED) is 0.364. The van der Waals surface area contributed by atoms with Gasteiger partial charge < -0.3 is 24.7 Å². The minimum Gasteiger partial charge on any atom is -0.488 e. The molecule has 2 N–H and O–H groups in total. The number of alkyl carbamates (subject to hydrolysis) is 1. The van der Waals surface area contributed by atoms with Crippen molar-refractivity contribution in [3.63, 3.8) is 0 Å². The Labute approximate surface area is 234 Å². The molecular weight excluding hydrogens is 503 g/mol. The van der Waals surface area contributed by atoms with Gasteiger partial charge in [-0.15, -0.1) is 0 Å². The van der Waals surface area contributed by atoms with Crippen molar-refractivity contribution >= 4 is 36.1 Å². The number of methoxy groups -OCH3 is 1. The Hall–Kier alpha value is -4.27. The maximum atomic E-state index is 13.5. The van der Waals surface area contributed by atoms with E-state index in [9.17, 15) is 9.59 Å². The number of aromatic nitrogens is 2. The lowest BCUT2D eigenvalue weighted by molar-refractivity contribution is -0.135. The average molecular weight is 534 g/mol. The van der Waals surface area contributed by atoms with Gasteiger partial charge in [0.25, 0.3) is 0 Å². The van der Waals surface area contributed by atoms with E-state index in [1.165, 1.54) is 7.11 Å². The molecule has 2 amide bonds. The molecule has 1 saturated heterocycles. The zero-order valence-electron chi connectivity index (χ0n) is 22.9. The summed E-state index contributed by atoms with van der Waals surface area (Å²) >= 11 is 0. The third-order valence-electron chi connectivity index (χ3n) is 7.91. The molecule has 3 heterocycles. The lowest BCUT2D eigenvalue weighted by Gasteiger charge is -2.30. The molecule has 0 spiro atoms. The highest BCUT2D eigenvalue weighted by atomic mass is 16.5. The highest BCUT2D eigenvalue weighted by molar-refractivity contribution is 6.32. The monoisotopic (exact) mass is 534 g/mol. The van der Waals surface area contributed by atoms with Gasteiger partial charge in [0, 0.05) is 23.1 Å². The lowest BCUT2D eigenvalue weighted by atomic mass is 9.88. The van der Waals surface area contributed by atoms with E-state index >= 15 is 0 Å². The van der Waals surface area contributed by atoms with Crippen LogP contribution in [0.25, 0.3) is 33.2 Å². The van der Waals surface area contributed by atoms with Gasteiger partial charge in [-0.2, -0.15) is 0 Å². The minimum atomic E-state index is -0.666. The molecule has 9 heteroatoms. The largest absolute Gasteiger partial charge is 0.488 e. The number of carbonyl (C=O) groups is 2. The number of rotatable bonds is 5. The zero-order valence-corrected chi connectivity index (χ0v) is 22.9. The summed E-state index contributed by atoms with van der Waals surface area (Å²) in [4.78, 5) is 35.3. The lowest BCUT2D eigenvalue weighted by Crippen LogP contribution is -2.51. The Balaban J connectivity index is 1.26. The molecule has 2 aliphatic heterocycles. The molecule has 2 aliphatic rings. The summed E-state index contributed by atoms with van der Waals surface area (Å²) in [6, 6.07) is 15.6. The van der Waals surface area contributed by atoms with E-state index in [1.807, 2.05) is 37.1 Å². The second-order valence-corrected chi connectivity index (χ2v) is 10.8. The molecule has 4 aromatic rings. The smallest absolute Gasteiger partial charge is 0.407 e. The molecule has 1 aromatic heterocycles. The average Bonchev–Trinajstić information content (AvgIpc) is 3.64. The van der Waals surface area contributed by atoms with Crippen molar-refractivity contribution in [2.75, 3.05) is 13.7 Å². The first-order valence-electron chi connectivity index (χ1n) is 13.6. The Bertz CT molecular complexity index is 1610. The fraction of sp³-hybridized carbons (Fsp3) is 0.323. The van der Waals surface area contributed by atoms with E-state index in [0.29, 0.717) is 13.2 Å². The van der Waals surface area contributed by atoms with Crippen LogP contribution < -0.4 is 15.5 Å². The number of hydrogen-bond acceptors (Lipinski definition) is 5. The molecule has 2 radical (unpaired) electrons. The van der Waals surface area contributed by atoms with Crippen molar-refractivity contribution in [2.45, 2.75) is 45.4 Å². The maximum absolute atomic E-state index is 13.5. The zero-order chi connectivity index (χ0) is 28.0. The second kappa shape index (κ2) is 10.4. The number of ether oxygens (including phenoxy) is 2. The van der Waals surface area contributed by atoms with E-state index < -0.39 is 12.1 Å². The number of imidazole rings is 1. The Kier molecular flexibility index (Phi) is 6.74. The molecular formula is C31H31BN4O4. The molecule has 40 heavy (non-hydrogen) atoms. The number of amides is 2. The Morgan fingerprint density at radius 3 is 2.77 bits per heavy atom. The summed E-state index contributed by atoms with van der Waals surface area (Å²) in [7, 11) is 7.27. The van der Waals surface area contributed by atoms with Gasteiger partial charge in [-0.1, -0.05) is 55.7 Å². The number of benzene rings is 3. The van der Waals surface area contributed by atoms with Crippen LogP contribution >= 0.6 is 0 Å². The van der Waals surface area contributed by atoms with E-state index in [2.05, 4.69) is 51.7 Å². The highest BCUT2D eigenvalue weighted by Crippen LogP contribution is 2.43. The first-order valence-corrected chi connectivity index (χ1v) is 13.6. The first kappa shape index (κ1) is 26.0. The number of H-pyrrole nitrogens is 1. The second-order valence-electron chi connectivity index (χ2n) is 10.8. The summed E-state index contributed by atoms with van der Waals surface area (Å²) < 4.78 is 10.9. The van der Waals surface area contributed by atoms with Gasteiger partial charge in [0.15, 0.2) is 0 Å². The van der Waals surface area contributed by atoms with Crippen LogP contribution in [0, 0.1) is 5.92 Å². The van der Waals surface area contributed by atoms with Gasteiger partial charge in [0.05, 0.1) is 25.0 Å². The van der Waals surface area contributed by atoms with Crippen LogP contribution in [-0.4, -0.2) is 54.4 Å². The molecule has 1 fully saturated rings. The third kappa shape index (κ3) is 4.59. The molecule has 6 rings (SSSR count). The van der Waals surface area contributed by atoms with E-state index in [4.69, 9.17) is 17.3 Å². The topological polar surface area (TPSA) is 96.6 Å². The van der Waals surface area contributed by atoms with Crippen LogP contribution in [0.4, 0.5) is 4.79 Å². The molecule has 0 bridgehead atoms. The minimum absolute atomic E-state index is 0.0843. The number of likely N-dealkylation sites (tertiary alicyclic amines) is 1. The fourth-order valence-electron chi connectivity index (χ4n) is 5.83. The van der Waals surface area contributed by atoms with Crippen molar-refractivity contribution in [2.24, 2.45) is 5.92 Å². The van der Waals surface area contributed by atoms with Crippen molar-refractivity contribution in [3.8, 4) is 28.1 Å². The SMILES string of the molecule is [B]c1ccc2c(c1)COc1c-2ccc2cc(-c3cnc(C4CCCN4C(=O)C(NC(=O)OC)C(C)C)[nH]3)ccc12. The first-order chi connectivity index (χ1) is 19.3. The molecule has 8 nitrogen and oxygen atoms in total. The van der Waals surface area contributed by atoms with Gasteiger partial charge >= 0.3 is 6.09 Å². The van der Waals surface area contributed by atoms with Gasteiger partial charge in [0.2, 0.25) is 5.91 Å². The number of aromatic amines is 1. The number of carbonyl (C=O) groups excluding carboxylic acids is 2. The standard InChI is InChI=1S/C31H31BN4O4/c1-17(2)27(35-31(38)39-3)30(37)36-12-4-5-26(36)29-33-15-25(34-29)19-7-9-23-18(13-19)6-10-24-22-11-8-21(32)14-20(22)16-40-28(23)24/h6-11,13-15,17,26-27H,4-5,12,16H2,1-3H3,(H,33,34)(H,35,38). The third-order valence-corrected chi connectivity index (χ3v) is 7.91. The predicted octanol–water partition coefficient (Wildman–Crippen LogP) is 4.63. The van der Waals surface area contributed by atoms with E-state index in [-0.39, 0.29) is 17.9 Å². The van der Waals surface area contributed by atoms with Crippen LogP contribution in [0.5, 0.6) is 5.75 Å². The highest BCUT2D eigenvalue weighted by Gasteiger charge is 2.37. The molecule has 2 atom stereocenters.